The maximum Gasteiger partial charge on any atom is 0.336 e. The van der Waals surface area contributed by atoms with E-state index in [9.17, 15) is 39.0 Å². The Morgan fingerprint density at radius 3 is 1.00 bits per heavy atom. The first-order valence-corrected chi connectivity index (χ1v) is 9.08. The number of hydrogen-bond donors (Lipinski definition) is 6. The number of hydrogen-bond acceptors (Lipinski definition) is 10. The first-order chi connectivity index (χ1) is 14.3. The van der Waals surface area contributed by atoms with Crippen molar-refractivity contribution in [2.24, 2.45) is 0 Å². The molecular weight excluding hydrogens is 440 g/mol. The summed E-state index contributed by atoms with van der Waals surface area (Å²) in [7, 11) is 0. The number of aliphatic hydroxyl groups is 2. The number of ether oxygens (including phenoxy) is 2. The van der Waals surface area contributed by atoms with Crippen LogP contribution in [0.1, 0.15) is 53.4 Å². The van der Waals surface area contributed by atoms with Crippen molar-refractivity contribution in [3.63, 3.8) is 0 Å². The van der Waals surface area contributed by atoms with E-state index in [1.165, 1.54) is 0 Å². The lowest BCUT2D eigenvalue weighted by atomic mass is 9.96. The third-order valence-electron chi connectivity index (χ3n) is 3.29. The first-order valence-electron chi connectivity index (χ1n) is 9.08. The van der Waals surface area contributed by atoms with Crippen LogP contribution >= 0.6 is 0 Å². The van der Waals surface area contributed by atoms with Crippen LogP contribution in [0.4, 0.5) is 0 Å². The van der Waals surface area contributed by atoms with Crippen LogP contribution < -0.4 is 0 Å². The quantitative estimate of drug-likeness (QED) is 0.193. The van der Waals surface area contributed by atoms with Crippen molar-refractivity contribution in [1.29, 1.82) is 0 Å². The molecule has 0 rings (SSSR count). The van der Waals surface area contributed by atoms with E-state index >= 15 is 0 Å². The zero-order valence-electron chi connectivity index (χ0n) is 17.9. The van der Waals surface area contributed by atoms with Crippen molar-refractivity contribution >= 4 is 35.8 Å². The molecule has 0 aliphatic carbocycles. The van der Waals surface area contributed by atoms with Gasteiger partial charge in [0.1, 0.15) is 0 Å². The third kappa shape index (κ3) is 13.1. The van der Waals surface area contributed by atoms with Gasteiger partial charge in [-0.15, -0.1) is 0 Å². The van der Waals surface area contributed by atoms with Crippen LogP contribution in [0.25, 0.3) is 0 Å². The van der Waals surface area contributed by atoms with Crippen molar-refractivity contribution in [1.82, 2.24) is 0 Å². The Bertz CT molecular complexity index is 652. The Labute approximate surface area is 182 Å². The summed E-state index contributed by atoms with van der Waals surface area (Å²) in [6.45, 7) is 6.20. The van der Waals surface area contributed by atoms with Crippen molar-refractivity contribution in [2.75, 3.05) is 0 Å². The highest BCUT2D eigenvalue weighted by atomic mass is 16.5. The zero-order chi connectivity index (χ0) is 25.9. The molecule has 2 unspecified atom stereocenters. The van der Waals surface area contributed by atoms with E-state index in [-0.39, 0.29) is 0 Å². The van der Waals surface area contributed by atoms with E-state index in [1.54, 1.807) is 27.7 Å². The van der Waals surface area contributed by atoms with Gasteiger partial charge in [-0.25, -0.2) is 9.59 Å². The van der Waals surface area contributed by atoms with E-state index in [4.69, 9.17) is 20.4 Å². The normalized spacial score (nSPS) is 14.2. The molecule has 32 heavy (non-hydrogen) atoms. The largest absolute Gasteiger partial charge is 0.481 e. The standard InChI is InChI=1S/2C9H14O7/c2*1-5(2)16-7(12)4-9(15,8(13)14)3-6(10)11/h2*5,15H,3-4H2,1-2H3,(H,10,11)(H,13,14). The molecule has 14 heteroatoms. The van der Waals surface area contributed by atoms with Crippen molar-refractivity contribution in [3.05, 3.63) is 0 Å². The van der Waals surface area contributed by atoms with Crippen LogP contribution in [-0.2, 0) is 38.2 Å². The number of carbonyl (C=O) groups is 6. The molecule has 0 saturated heterocycles. The van der Waals surface area contributed by atoms with Gasteiger partial charge < -0.3 is 40.1 Å². The van der Waals surface area contributed by atoms with Gasteiger partial charge in [-0.2, -0.15) is 0 Å². The summed E-state index contributed by atoms with van der Waals surface area (Å²) in [5.74, 6) is -8.47. The topological polar surface area (TPSA) is 242 Å². The molecule has 2 atom stereocenters. The van der Waals surface area contributed by atoms with E-state index in [0.29, 0.717) is 0 Å². The fourth-order valence-electron chi connectivity index (χ4n) is 2.01. The smallest absolute Gasteiger partial charge is 0.336 e. The van der Waals surface area contributed by atoms with Gasteiger partial charge in [0.25, 0.3) is 0 Å². The van der Waals surface area contributed by atoms with Crippen LogP contribution in [0.5, 0.6) is 0 Å². The second-order valence-electron chi connectivity index (χ2n) is 7.25. The molecule has 184 valence electrons. The Kier molecular flexibility index (Phi) is 12.8. The number of carboxylic acids is 4. The molecule has 0 aliphatic rings. The summed E-state index contributed by atoms with van der Waals surface area (Å²) in [5.41, 5.74) is -5.25. The molecule has 0 heterocycles. The van der Waals surface area contributed by atoms with Crippen molar-refractivity contribution < 1.29 is 68.9 Å². The SMILES string of the molecule is CC(C)OC(=O)CC(O)(CC(=O)O)C(=O)O.CC(C)OC(=O)CC(O)(CC(=O)O)C(=O)O. The summed E-state index contributed by atoms with van der Waals surface area (Å²) in [6.07, 6.45) is -4.84. The molecule has 0 fully saturated rings. The van der Waals surface area contributed by atoms with Gasteiger partial charge in [-0.3, -0.25) is 19.2 Å². The van der Waals surface area contributed by atoms with Crippen molar-refractivity contribution in [2.45, 2.75) is 76.8 Å². The maximum atomic E-state index is 11.1. The van der Waals surface area contributed by atoms with Gasteiger partial charge in [0.15, 0.2) is 11.2 Å². The third-order valence-corrected chi connectivity index (χ3v) is 3.29. The molecule has 6 N–H and O–H groups in total. The highest BCUT2D eigenvalue weighted by Crippen LogP contribution is 2.18. The Morgan fingerprint density at radius 2 is 0.844 bits per heavy atom. The second-order valence-corrected chi connectivity index (χ2v) is 7.25. The van der Waals surface area contributed by atoms with Crippen LogP contribution in [0.15, 0.2) is 0 Å². The van der Waals surface area contributed by atoms with E-state index < -0.39 is 84.9 Å². The highest BCUT2D eigenvalue weighted by Gasteiger charge is 2.42. The van der Waals surface area contributed by atoms with Gasteiger partial charge in [0.05, 0.1) is 37.9 Å². The molecule has 0 aromatic carbocycles. The van der Waals surface area contributed by atoms with Crippen molar-refractivity contribution in [3.8, 4) is 0 Å². The Morgan fingerprint density at radius 1 is 0.594 bits per heavy atom. The van der Waals surface area contributed by atoms with Gasteiger partial charge in [0, 0.05) is 0 Å². The van der Waals surface area contributed by atoms with Crippen LogP contribution in [0.3, 0.4) is 0 Å². The first kappa shape index (κ1) is 30.9. The summed E-state index contributed by atoms with van der Waals surface area (Å²) in [6, 6.07) is 0. The predicted molar refractivity (Wildman–Crippen MR) is 101 cm³/mol. The lowest BCUT2D eigenvalue weighted by Crippen LogP contribution is -2.43. The van der Waals surface area contributed by atoms with Crippen LogP contribution in [0.2, 0.25) is 0 Å². The van der Waals surface area contributed by atoms with Crippen LogP contribution in [-0.4, -0.2) is 89.9 Å². The van der Waals surface area contributed by atoms with Gasteiger partial charge in [-0.1, -0.05) is 0 Å². The molecular formula is C18H28O14. The maximum absolute atomic E-state index is 11.1. The molecule has 0 spiro atoms. The monoisotopic (exact) mass is 468 g/mol. The number of esters is 2. The van der Waals surface area contributed by atoms with Gasteiger partial charge in [-0.05, 0) is 27.7 Å². The molecule has 0 aliphatic heterocycles. The number of carbonyl (C=O) groups excluding carboxylic acids is 2. The lowest BCUT2D eigenvalue weighted by molar-refractivity contribution is -0.173. The Balaban J connectivity index is 0. The molecule has 14 nitrogen and oxygen atoms in total. The predicted octanol–water partition coefficient (Wildman–Crippen LogP) is -0.763. The summed E-state index contributed by atoms with van der Waals surface area (Å²) in [4.78, 5) is 64.2. The molecule has 0 aromatic rings. The summed E-state index contributed by atoms with van der Waals surface area (Å²) in [5, 5.41) is 53.0. The molecule has 0 bridgehead atoms. The molecule has 0 saturated carbocycles. The number of aliphatic carboxylic acids is 4. The van der Waals surface area contributed by atoms with E-state index in [2.05, 4.69) is 9.47 Å². The average Bonchev–Trinajstić information content (AvgIpc) is 2.51. The minimum atomic E-state index is -2.63. The minimum absolute atomic E-state index is 0.463. The molecule has 0 aromatic heterocycles. The summed E-state index contributed by atoms with van der Waals surface area (Å²) >= 11 is 0. The lowest BCUT2D eigenvalue weighted by Gasteiger charge is -2.20. The van der Waals surface area contributed by atoms with E-state index in [0.717, 1.165) is 0 Å². The zero-order valence-corrected chi connectivity index (χ0v) is 17.9. The molecule has 0 radical (unpaired) electrons. The average molecular weight is 468 g/mol. The fourth-order valence-corrected chi connectivity index (χ4v) is 2.01. The number of rotatable bonds is 12. The fraction of sp³-hybridized carbons (Fsp3) is 0.667. The van der Waals surface area contributed by atoms with Gasteiger partial charge >= 0.3 is 35.8 Å². The van der Waals surface area contributed by atoms with Crippen LogP contribution in [0, 0.1) is 0 Å². The Hall–Kier alpha value is -3.26. The second kappa shape index (κ2) is 13.2. The minimum Gasteiger partial charge on any atom is -0.481 e. The van der Waals surface area contributed by atoms with Gasteiger partial charge in [0.2, 0.25) is 0 Å². The number of carboxylic acid groups (broad SMARTS) is 4. The van der Waals surface area contributed by atoms with E-state index in [1.807, 2.05) is 0 Å². The highest BCUT2D eigenvalue weighted by molar-refractivity contribution is 5.89. The summed E-state index contributed by atoms with van der Waals surface area (Å²) < 4.78 is 9.24. The molecule has 0 amide bonds.